The summed E-state index contributed by atoms with van der Waals surface area (Å²) in [5.74, 6) is 1.19. The van der Waals surface area contributed by atoms with Gasteiger partial charge in [-0.05, 0) is 30.7 Å². The summed E-state index contributed by atoms with van der Waals surface area (Å²) in [6, 6.07) is 3.60. The molecule has 1 aromatic heterocycles. The van der Waals surface area contributed by atoms with Gasteiger partial charge in [0.2, 0.25) is 0 Å². The molecule has 1 aliphatic heterocycles. The topological polar surface area (TPSA) is 58.9 Å². The van der Waals surface area contributed by atoms with E-state index in [1.807, 2.05) is 17.8 Å². The zero-order chi connectivity index (χ0) is 9.26. The van der Waals surface area contributed by atoms with Crippen LogP contribution in [0.2, 0.25) is 0 Å². The fourth-order valence-electron chi connectivity index (χ4n) is 1.51. The third kappa shape index (κ3) is 1.72. The summed E-state index contributed by atoms with van der Waals surface area (Å²) in [7, 11) is 0. The lowest BCUT2D eigenvalue weighted by Gasteiger charge is -2.07. The first kappa shape index (κ1) is 8.69. The lowest BCUT2D eigenvalue weighted by molar-refractivity contribution is 0.803. The Morgan fingerprint density at radius 1 is 1.54 bits per heavy atom. The third-order valence-corrected chi connectivity index (χ3v) is 3.66. The Balaban J connectivity index is 2.30. The molecule has 3 nitrogen and oxygen atoms in total. The van der Waals surface area contributed by atoms with Gasteiger partial charge in [0.15, 0.2) is 0 Å². The van der Waals surface area contributed by atoms with Gasteiger partial charge in [-0.15, -0.1) is 0 Å². The van der Waals surface area contributed by atoms with Crippen LogP contribution in [0.5, 0.6) is 0 Å². The molecule has 1 aliphatic rings. The number of aromatic amines is 1. The molecule has 1 unspecified atom stereocenters. The molecule has 0 saturated carbocycles. The summed E-state index contributed by atoms with van der Waals surface area (Å²) in [4.78, 5) is 14.0. The first-order chi connectivity index (χ1) is 6.27. The predicted octanol–water partition coefficient (Wildman–Crippen LogP) is 1.53. The highest BCUT2D eigenvalue weighted by atomic mass is 32.2. The Hall–Kier alpha value is -0.900. The summed E-state index contributed by atoms with van der Waals surface area (Å²) in [5.41, 5.74) is 6.59. The number of aromatic nitrogens is 1. The largest absolute Gasteiger partial charge is 0.394 e. The number of nitrogens with two attached hydrogens (primary N) is 1. The number of nitrogens with one attached hydrogen (secondary N) is 1. The van der Waals surface area contributed by atoms with Gasteiger partial charge >= 0.3 is 0 Å². The van der Waals surface area contributed by atoms with Crippen LogP contribution in [-0.2, 0) is 0 Å². The van der Waals surface area contributed by atoms with Gasteiger partial charge < -0.3 is 10.7 Å². The van der Waals surface area contributed by atoms with E-state index in [1.165, 1.54) is 12.2 Å². The Labute approximate surface area is 80.7 Å². The highest BCUT2D eigenvalue weighted by molar-refractivity contribution is 7.99. The van der Waals surface area contributed by atoms with Crippen molar-refractivity contribution in [2.75, 3.05) is 11.5 Å². The second kappa shape index (κ2) is 3.46. The normalized spacial score (nSPS) is 22.0. The van der Waals surface area contributed by atoms with E-state index in [2.05, 4.69) is 4.98 Å². The van der Waals surface area contributed by atoms with Gasteiger partial charge in [-0.1, -0.05) is 0 Å². The van der Waals surface area contributed by atoms with E-state index in [9.17, 15) is 4.79 Å². The van der Waals surface area contributed by atoms with Gasteiger partial charge in [0.25, 0.3) is 5.56 Å². The molecule has 2 heterocycles. The zero-order valence-corrected chi connectivity index (χ0v) is 8.06. The number of anilines is 1. The van der Waals surface area contributed by atoms with Gasteiger partial charge in [0, 0.05) is 10.9 Å². The number of pyridine rings is 1. The van der Waals surface area contributed by atoms with Crippen LogP contribution in [0.4, 0.5) is 5.69 Å². The molecule has 4 heteroatoms. The van der Waals surface area contributed by atoms with Crippen LogP contribution in [0, 0.1) is 0 Å². The summed E-state index contributed by atoms with van der Waals surface area (Å²) in [6.07, 6.45) is 2.40. The van der Waals surface area contributed by atoms with Crippen molar-refractivity contribution in [2.45, 2.75) is 18.1 Å². The maximum Gasteiger partial charge on any atom is 0.271 e. The highest BCUT2D eigenvalue weighted by Gasteiger charge is 2.18. The first-order valence-electron chi connectivity index (χ1n) is 4.37. The van der Waals surface area contributed by atoms with Crippen LogP contribution in [0.25, 0.3) is 0 Å². The number of H-pyrrole nitrogens is 1. The van der Waals surface area contributed by atoms with E-state index in [0.29, 0.717) is 10.9 Å². The molecule has 1 saturated heterocycles. The minimum atomic E-state index is -0.162. The quantitative estimate of drug-likeness (QED) is 0.716. The molecule has 3 N–H and O–H groups in total. The van der Waals surface area contributed by atoms with Crippen LogP contribution >= 0.6 is 11.8 Å². The second-order valence-corrected chi connectivity index (χ2v) is 4.51. The fraction of sp³-hybridized carbons (Fsp3) is 0.444. The Morgan fingerprint density at radius 3 is 3.00 bits per heavy atom. The number of rotatable bonds is 1. The number of hydrogen-bond acceptors (Lipinski definition) is 3. The molecule has 0 amide bonds. The van der Waals surface area contributed by atoms with Crippen LogP contribution < -0.4 is 11.3 Å². The second-order valence-electron chi connectivity index (χ2n) is 3.20. The van der Waals surface area contributed by atoms with Crippen LogP contribution in [-0.4, -0.2) is 10.7 Å². The molecule has 1 atom stereocenters. The van der Waals surface area contributed by atoms with E-state index in [0.717, 1.165) is 12.1 Å². The molecule has 13 heavy (non-hydrogen) atoms. The molecular formula is C9H12N2OS. The Bertz CT molecular complexity index is 355. The van der Waals surface area contributed by atoms with Gasteiger partial charge in [-0.3, -0.25) is 4.79 Å². The highest BCUT2D eigenvalue weighted by Crippen LogP contribution is 2.38. The minimum absolute atomic E-state index is 0.162. The lowest BCUT2D eigenvalue weighted by Crippen LogP contribution is -2.13. The molecule has 0 aliphatic carbocycles. The monoisotopic (exact) mass is 196 g/mol. The maximum absolute atomic E-state index is 11.2. The number of hydrogen-bond donors (Lipinski definition) is 2. The molecule has 0 spiro atoms. The molecule has 2 rings (SSSR count). The van der Waals surface area contributed by atoms with E-state index >= 15 is 0 Å². The van der Waals surface area contributed by atoms with Crippen molar-refractivity contribution in [3.63, 3.8) is 0 Å². The van der Waals surface area contributed by atoms with Gasteiger partial charge in [-0.25, -0.2) is 0 Å². The van der Waals surface area contributed by atoms with Crippen molar-refractivity contribution >= 4 is 17.4 Å². The fourth-order valence-corrected chi connectivity index (χ4v) is 2.78. The molecule has 0 bridgehead atoms. The average molecular weight is 196 g/mol. The van der Waals surface area contributed by atoms with Gasteiger partial charge in [0.05, 0.1) is 5.69 Å². The van der Waals surface area contributed by atoms with Crippen molar-refractivity contribution in [2.24, 2.45) is 0 Å². The molecule has 1 fully saturated rings. The van der Waals surface area contributed by atoms with Crippen molar-refractivity contribution in [1.29, 1.82) is 0 Å². The Kier molecular flexibility index (Phi) is 2.31. The molecule has 1 aromatic rings. The van der Waals surface area contributed by atoms with Crippen molar-refractivity contribution in [1.82, 2.24) is 4.98 Å². The average Bonchev–Trinajstić information content (AvgIpc) is 2.62. The van der Waals surface area contributed by atoms with Crippen LogP contribution in [0.3, 0.4) is 0 Å². The number of thioether (sulfide) groups is 1. The minimum Gasteiger partial charge on any atom is -0.394 e. The maximum atomic E-state index is 11.2. The first-order valence-corrected chi connectivity index (χ1v) is 5.42. The van der Waals surface area contributed by atoms with Gasteiger partial charge in [-0.2, -0.15) is 11.8 Å². The van der Waals surface area contributed by atoms with Crippen molar-refractivity contribution in [3.05, 3.63) is 28.2 Å². The summed E-state index contributed by atoms with van der Waals surface area (Å²) in [6.45, 7) is 0. The standard InChI is InChI=1S/C9H12N2OS/c10-6-3-4-7(11-9(6)12)8-2-1-5-13-8/h3-4,8H,1-2,5,10H2,(H,11,12). The molecular weight excluding hydrogens is 184 g/mol. The van der Waals surface area contributed by atoms with Crippen molar-refractivity contribution < 1.29 is 0 Å². The van der Waals surface area contributed by atoms with E-state index in [4.69, 9.17) is 5.73 Å². The van der Waals surface area contributed by atoms with E-state index in [-0.39, 0.29) is 5.56 Å². The van der Waals surface area contributed by atoms with Crippen LogP contribution in [0.1, 0.15) is 23.8 Å². The molecule has 70 valence electrons. The predicted molar refractivity (Wildman–Crippen MR) is 55.9 cm³/mol. The molecule has 0 aromatic carbocycles. The summed E-state index contributed by atoms with van der Waals surface area (Å²) < 4.78 is 0. The molecule has 0 radical (unpaired) electrons. The Morgan fingerprint density at radius 2 is 2.38 bits per heavy atom. The van der Waals surface area contributed by atoms with E-state index in [1.54, 1.807) is 6.07 Å². The smallest absolute Gasteiger partial charge is 0.271 e. The number of nitrogen functional groups attached to an aromatic ring is 1. The SMILES string of the molecule is Nc1ccc(C2CCCS2)[nH]c1=O. The summed E-state index contributed by atoms with van der Waals surface area (Å²) in [5, 5.41) is 0.466. The van der Waals surface area contributed by atoms with Crippen molar-refractivity contribution in [3.8, 4) is 0 Å². The van der Waals surface area contributed by atoms with Crippen LogP contribution in [0.15, 0.2) is 16.9 Å². The lowest BCUT2D eigenvalue weighted by atomic mass is 10.2. The van der Waals surface area contributed by atoms with E-state index < -0.39 is 0 Å². The third-order valence-electron chi connectivity index (χ3n) is 2.24. The van der Waals surface area contributed by atoms with Gasteiger partial charge in [0.1, 0.15) is 0 Å². The zero-order valence-electron chi connectivity index (χ0n) is 7.25. The summed E-state index contributed by atoms with van der Waals surface area (Å²) >= 11 is 1.90.